The maximum Gasteiger partial charge on any atom is 0.252 e. The quantitative estimate of drug-likeness (QED) is 0.788. The summed E-state index contributed by atoms with van der Waals surface area (Å²) >= 11 is 2.12. The van der Waals surface area contributed by atoms with Crippen LogP contribution in [-0.4, -0.2) is 24.4 Å². The van der Waals surface area contributed by atoms with Gasteiger partial charge in [0, 0.05) is 22.6 Å². The van der Waals surface area contributed by atoms with Gasteiger partial charge < -0.3 is 10.6 Å². The molecular formula is C13H15IN2O2. The van der Waals surface area contributed by atoms with Gasteiger partial charge in [-0.05, 0) is 47.6 Å². The van der Waals surface area contributed by atoms with Crippen molar-refractivity contribution in [3.05, 3.63) is 33.4 Å². The smallest absolute Gasteiger partial charge is 0.252 e. The predicted octanol–water partition coefficient (Wildman–Crippen LogP) is 1.69. The second kappa shape index (κ2) is 6.17. The van der Waals surface area contributed by atoms with Crippen LogP contribution in [0, 0.1) is 3.57 Å². The Hall–Kier alpha value is -1.11. The number of hydrogen-bond acceptors (Lipinski definition) is 2. The van der Waals surface area contributed by atoms with Gasteiger partial charge in [0.1, 0.15) is 0 Å². The molecule has 0 heterocycles. The molecule has 96 valence electrons. The summed E-state index contributed by atoms with van der Waals surface area (Å²) in [4.78, 5) is 23.2. The highest BCUT2D eigenvalue weighted by Crippen LogP contribution is 2.18. The summed E-state index contributed by atoms with van der Waals surface area (Å²) in [5, 5.41) is 5.65. The molecule has 0 spiro atoms. The van der Waals surface area contributed by atoms with E-state index in [9.17, 15) is 9.59 Å². The van der Waals surface area contributed by atoms with Crippen molar-refractivity contribution in [2.24, 2.45) is 0 Å². The maximum absolute atomic E-state index is 11.8. The van der Waals surface area contributed by atoms with E-state index in [0.717, 1.165) is 16.4 Å². The number of carbonyl (C=O) groups is 2. The third kappa shape index (κ3) is 3.97. The van der Waals surface area contributed by atoms with Crippen LogP contribution in [0.15, 0.2) is 24.3 Å². The van der Waals surface area contributed by atoms with Gasteiger partial charge in [-0.3, -0.25) is 9.59 Å². The average molecular weight is 358 g/mol. The summed E-state index contributed by atoms with van der Waals surface area (Å²) < 4.78 is 0.912. The molecule has 0 aromatic heterocycles. The van der Waals surface area contributed by atoms with Crippen LogP contribution in [0.5, 0.6) is 0 Å². The van der Waals surface area contributed by atoms with Crippen molar-refractivity contribution in [3.8, 4) is 0 Å². The molecule has 0 aliphatic heterocycles. The summed E-state index contributed by atoms with van der Waals surface area (Å²) in [6, 6.07) is 7.76. The first-order valence-electron chi connectivity index (χ1n) is 5.99. The highest BCUT2D eigenvalue weighted by molar-refractivity contribution is 14.1. The zero-order valence-electron chi connectivity index (χ0n) is 9.91. The fourth-order valence-corrected chi connectivity index (χ4v) is 2.19. The van der Waals surface area contributed by atoms with Gasteiger partial charge >= 0.3 is 0 Å². The van der Waals surface area contributed by atoms with Gasteiger partial charge in [-0.1, -0.05) is 12.1 Å². The summed E-state index contributed by atoms with van der Waals surface area (Å²) in [5.74, 6) is -0.111. The highest BCUT2D eigenvalue weighted by atomic mass is 127. The molecule has 0 unspecified atom stereocenters. The first-order valence-corrected chi connectivity index (χ1v) is 7.07. The fourth-order valence-electron chi connectivity index (χ4n) is 1.56. The summed E-state index contributed by atoms with van der Waals surface area (Å²) in [6.45, 7) is 0.377. The number of amides is 2. The SMILES string of the molecule is O=C(CCNC(=O)c1ccccc1I)NC1CC1. The Balaban J connectivity index is 1.74. The highest BCUT2D eigenvalue weighted by Gasteiger charge is 2.22. The monoisotopic (exact) mass is 358 g/mol. The molecule has 0 radical (unpaired) electrons. The van der Waals surface area contributed by atoms with Crippen molar-refractivity contribution in [1.29, 1.82) is 0 Å². The number of benzene rings is 1. The predicted molar refractivity (Wildman–Crippen MR) is 77.3 cm³/mol. The van der Waals surface area contributed by atoms with Gasteiger partial charge in [0.05, 0.1) is 5.56 Å². The van der Waals surface area contributed by atoms with Gasteiger partial charge in [-0.2, -0.15) is 0 Å². The zero-order chi connectivity index (χ0) is 13.0. The Morgan fingerprint density at radius 1 is 1.28 bits per heavy atom. The molecule has 0 saturated heterocycles. The molecule has 0 bridgehead atoms. The number of nitrogens with one attached hydrogen (secondary N) is 2. The Labute approximate surface area is 120 Å². The van der Waals surface area contributed by atoms with E-state index in [2.05, 4.69) is 33.2 Å². The fraction of sp³-hybridized carbons (Fsp3) is 0.385. The van der Waals surface area contributed by atoms with E-state index in [1.165, 1.54) is 0 Å². The summed E-state index contributed by atoms with van der Waals surface area (Å²) in [7, 11) is 0. The van der Waals surface area contributed by atoms with E-state index < -0.39 is 0 Å². The molecule has 1 fully saturated rings. The molecule has 1 aromatic rings. The summed E-state index contributed by atoms with van der Waals surface area (Å²) in [5.41, 5.74) is 0.653. The zero-order valence-corrected chi connectivity index (χ0v) is 12.1. The molecule has 0 atom stereocenters. The number of carbonyl (C=O) groups excluding carboxylic acids is 2. The lowest BCUT2D eigenvalue weighted by molar-refractivity contribution is -0.121. The van der Waals surface area contributed by atoms with Crippen LogP contribution in [0.2, 0.25) is 0 Å². The number of rotatable bonds is 5. The second-order valence-electron chi connectivity index (χ2n) is 4.33. The lowest BCUT2D eigenvalue weighted by Crippen LogP contribution is -2.31. The van der Waals surface area contributed by atoms with Gasteiger partial charge in [0.15, 0.2) is 0 Å². The van der Waals surface area contributed by atoms with Crippen molar-refractivity contribution < 1.29 is 9.59 Å². The largest absolute Gasteiger partial charge is 0.353 e. The Bertz CT molecular complexity index is 458. The summed E-state index contributed by atoms with van der Waals surface area (Å²) in [6.07, 6.45) is 2.51. The first-order chi connectivity index (χ1) is 8.66. The molecule has 4 nitrogen and oxygen atoms in total. The van der Waals surface area contributed by atoms with Crippen LogP contribution in [0.3, 0.4) is 0 Å². The van der Waals surface area contributed by atoms with Crippen LogP contribution in [-0.2, 0) is 4.79 Å². The first kappa shape index (κ1) is 13.3. The molecule has 1 saturated carbocycles. The molecule has 1 aliphatic carbocycles. The third-order valence-electron chi connectivity index (χ3n) is 2.70. The van der Waals surface area contributed by atoms with Gasteiger partial charge in [-0.25, -0.2) is 0 Å². The Morgan fingerprint density at radius 3 is 2.67 bits per heavy atom. The second-order valence-corrected chi connectivity index (χ2v) is 5.49. The van der Waals surface area contributed by atoms with Crippen molar-refractivity contribution in [2.45, 2.75) is 25.3 Å². The lowest BCUT2D eigenvalue weighted by Gasteiger charge is -2.07. The van der Waals surface area contributed by atoms with Crippen LogP contribution >= 0.6 is 22.6 Å². The van der Waals surface area contributed by atoms with Crippen molar-refractivity contribution in [3.63, 3.8) is 0 Å². The van der Waals surface area contributed by atoms with E-state index in [0.29, 0.717) is 24.6 Å². The number of hydrogen-bond donors (Lipinski definition) is 2. The van der Waals surface area contributed by atoms with Crippen LogP contribution in [0.4, 0.5) is 0 Å². The van der Waals surface area contributed by atoms with Gasteiger partial charge in [0.25, 0.3) is 5.91 Å². The minimum atomic E-state index is -0.126. The van der Waals surface area contributed by atoms with E-state index in [1.807, 2.05) is 18.2 Å². The normalized spacial score (nSPS) is 14.1. The molecule has 2 N–H and O–H groups in total. The topological polar surface area (TPSA) is 58.2 Å². The van der Waals surface area contributed by atoms with Gasteiger partial charge in [0.2, 0.25) is 5.91 Å². The van der Waals surface area contributed by atoms with Crippen LogP contribution < -0.4 is 10.6 Å². The molecular weight excluding hydrogens is 343 g/mol. The van der Waals surface area contributed by atoms with E-state index >= 15 is 0 Å². The average Bonchev–Trinajstić information content (AvgIpc) is 3.13. The molecule has 1 aromatic carbocycles. The minimum Gasteiger partial charge on any atom is -0.353 e. The number of halogens is 1. The molecule has 18 heavy (non-hydrogen) atoms. The standard InChI is InChI=1S/C13H15IN2O2/c14-11-4-2-1-3-10(11)13(18)15-8-7-12(17)16-9-5-6-9/h1-4,9H,5-8H2,(H,15,18)(H,16,17). The van der Waals surface area contributed by atoms with Crippen molar-refractivity contribution >= 4 is 34.4 Å². The van der Waals surface area contributed by atoms with Crippen LogP contribution in [0.1, 0.15) is 29.6 Å². The molecule has 1 aliphatic rings. The van der Waals surface area contributed by atoms with Crippen molar-refractivity contribution in [1.82, 2.24) is 10.6 Å². The Kier molecular flexibility index (Phi) is 4.57. The van der Waals surface area contributed by atoms with E-state index in [1.54, 1.807) is 6.07 Å². The Morgan fingerprint density at radius 2 is 2.00 bits per heavy atom. The lowest BCUT2D eigenvalue weighted by atomic mass is 10.2. The maximum atomic E-state index is 11.8. The molecule has 2 amide bonds. The molecule has 2 rings (SSSR count). The van der Waals surface area contributed by atoms with E-state index in [4.69, 9.17) is 0 Å². The van der Waals surface area contributed by atoms with Gasteiger partial charge in [-0.15, -0.1) is 0 Å². The van der Waals surface area contributed by atoms with E-state index in [-0.39, 0.29) is 11.8 Å². The van der Waals surface area contributed by atoms with Crippen molar-refractivity contribution in [2.75, 3.05) is 6.54 Å². The third-order valence-corrected chi connectivity index (χ3v) is 3.64. The van der Waals surface area contributed by atoms with Crippen LogP contribution in [0.25, 0.3) is 0 Å². The molecule has 5 heteroatoms. The minimum absolute atomic E-state index is 0.0144.